The molecule has 6 heteroatoms. The van der Waals surface area contributed by atoms with Crippen molar-refractivity contribution in [2.45, 2.75) is 43.8 Å². The number of aryl methyl sites for hydroxylation is 2. The van der Waals surface area contributed by atoms with E-state index in [0.29, 0.717) is 17.9 Å². The summed E-state index contributed by atoms with van der Waals surface area (Å²) in [6.07, 6.45) is -1.54. The third-order valence-corrected chi connectivity index (χ3v) is 6.53. The molecule has 1 aromatic heterocycles. The van der Waals surface area contributed by atoms with Crippen molar-refractivity contribution >= 4 is 22.8 Å². The summed E-state index contributed by atoms with van der Waals surface area (Å²) in [5.41, 5.74) is 2.84. The Kier molecular flexibility index (Phi) is 6.89. The van der Waals surface area contributed by atoms with Gasteiger partial charge in [0.2, 0.25) is 0 Å². The van der Waals surface area contributed by atoms with Crippen molar-refractivity contribution in [1.29, 1.82) is 0 Å². The number of hydrogen-bond donors (Lipinski definition) is 0. The molecular weight excluding hydrogens is 429 g/mol. The average molecular weight is 455 g/mol. The number of aromatic nitrogens is 2. The summed E-state index contributed by atoms with van der Waals surface area (Å²) in [4.78, 5) is 5.89. The molecule has 0 unspecified atom stereocenters. The number of fused-ring (bicyclic) bond motifs is 1. The summed E-state index contributed by atoms with van der Waals surface area (Å²) in [6.45, 7) is 2.82. The Morgan fingerprint density at radius 1 is 0.938 bits per heavy atom. The molecule has 0 bridgehead atoms. The minimum atomic E-state index is -4.38. The first-order valence-corrected chi connectivity index (χ1v) is 11.8. The molecule has 0 saturated carbocycles. The van der Waals surface area contributed by atoms with Crippen molar-refractivity contribution in [2.75, 3.05) is 5.75 Å². The van der Waals surface area contributed by atoms with Crippen LogP contribution in [0.1, 0.15) is 30.9 Å². The molecule has 1 heterocycles. The van der Waals surface area contributed by atoms with Crippen LogP contribution in [0.25, 0.3) is 22.4 Å². The summed E-state index contributed by atoms with van der Waals surface area (Å²) < 4.78 is 42.0. The van der Waals surface area contributed by atoms with E-state index < -0.39 is 11.7 Å². The van der Waals surface area contributed by atoms with E-state index in [0.717, 1.165) is 47.0 Å². The second-order valence-electron chi connectivity index (χ2n) is 7.75. The van der Waals surface area contributed by atoms with Crippen LogP contribution in [0.3, 0.4) is 0 Å². The zero-order chi connectivity index (χ0) is 22.6. The Morgan fingerprint density at radius 2 is 1.75 bits per heavy atom. The minimum absolute atomic E-state index is 0.485. The molecule has 0 aliphatic heterocycles. The molecule has 166 valence electrons. The molecular formula is C26H25F3N2S. The van der Waals surface area contributed by atoms with E-state index in [1.807, 2.05) is 30.3 Å². The first-order valence-electron chi connectivity index (χ1n) is 10.8. The molecule has 0 N–H and O–H groups in total. The van der Waals surface area contributed by atoms with Crippen LogP contribution in [-0.4, -0.2) is 15.3 Å². The van der Waals surface area contributed by atoms with Crippen LogP contribution < -0.4 is 0 Å². The first kappa shape index (κ1) is 22.5. The summed E-state index contributed by atoms with van der Waals surface area (Å²) in [5, 5.41) is 0. The van der Waals surface area contributed by atoms with Crippen molar-refractivity contribution in [2.24, 2.45) is 0 Å². The van der Waals surface area contributed by atoms with Crippen molar-refractivity contribution in [3.63, 3.8) is 0 Å². The third-order valence-electron chi connectivity index (χ3n) is 5.33. The van der Waals surface area contributed by atoms with E-state index in [1.54, 1.807) is 17.8 Å². The van der Waals surface area contributed by atoms with Crippen LogP contribution in [0.15, 0.2) is 77.7 Å². The van der Waals surface area contributed by atoms with Crippen LogP contribution >= 0.6 is 11.8 Å². The Bertz CT molecular complexity index is 1180. The maximum Gasteiger partial charge on any atom is 0.416 e. The van der Waals surface area contributed by atoms with Crippen LogP contribution in [0.2, 0.25) is 0 Å². The van der Waals surface area contributed by atoms with Gasteiger partial charge in [-0.3, -0.25) is 0 Å². The maximum absolute atomic E-state index is 13.3. The Labute approximate surface area is 190 Å². The fourth-order valence-electron chi connectivity index (χ4n) is 3.78. The van der Waals surface area contributed by atoms with Gasteiger partial charge in [0.15, 0.2) is 0 Å². The highest BCUT2D eigenvalue weighted by atomic mass is 32.2. The van der Waals surface area contributed by atoms with Crippen molar-refractivity contribution < 1.29 is 13.2 Å². The largest absolute Gasteiger partial charge is 0.416 e. The van der Waals surface area contributed by atoms with E-state index in [9.17, 15) is 13.2 Å². The number of benzene rings is 3. The summed E-state index contributed by atoms with van der Waals surface area (Å²) >= 11 is 1.79. The molecule has 32 heavy (non-hydrogen) atoms. The standard InChI is InChI=1S/C26H25F3N2S/c1-2-16-32-22-13-14-23-24(18-22)31(15-7-10-19-8-4-3-5-9-19)25(30-23)20-11-6-12-21(17-20)26(27,28)29/h3-6,8-9,11-14,17-18H,2,7,10,15-16H2,1H3. The highest BCUT2D eigenvalue weighted by Crippen LogP contribution is 2.34. The number of imidazole rings is 1. The van der Waals surface area contributed by atoms with Crippen LogP contribution in [-0.2, 0) is 19.1 Å². The van der Waals surface area contributed by atoms with Gasteiger partial charge in [-0.2, -0.15) is 13.2 Å². The normalized spacial score (nSPS) is 11.9. The van der Waals surface area contributed by atoms with Crippen molar-refractivity contribution in [3.8, 4) is 11.4 Å². The molecule has 0 spiro atoms. The molecule has 3 aromatic carbocycles. The SMILES string of the molecule is CCCSc1ccc2nc(-c3cccc(C(F)(F)F)c3)n(CCCc3ccccc3)c2c1. The summed E-state index contributed by atoms with van der Waals surface area (Å²) in [6, 6.07) is 21.8. The minimum Gasteiger partial charge on any atom is -0.324 e. The van der Waals surface area contributed by atoms with E-state index in [4.69, 9.17) is 4.98 Å². The first-order chi connectivity index (χ1) is 15.5. The lowest BCUT2D eigenvalue weighted by Gasteiger charge is -2.12. The highest BCUT2D eigenvalue weighted by molar-refractivity contribution is 7.99. The lowest BCUT2D eigenvalue weighted by Crippen LogP contribution is -2.06. The van der Waals surface area contributed by atoms with E-state index >= 15 is 0 Å². The van der Waals surface area contributed by atoms with Crippen molar-refractivity contribution in [1.82, 2.24) is 9.55 Å². The predicted molar refractivity (Wildman–Crippen MR) is 126 cm³/mol. The van der Waals surface area contributed by atoms with Gasteiger partial charge >= 0.3 is 6.18 Å². The van der Waals surface area contributed by atoms with Gasteiger partial charge < -0.3 is 4.57 Å². The van der Waals surface area contributed by atoms with Gasteiger partial charge in [-0.15, -0.1) is 11.8 Å². The highest BCUT2D eigenvalue weighted by Gasteiger charge is 2.31. The second kappa shape index (κ2) is 9.82. The molecule has 0 saturated heterocycles. The Morgan fingerprint density at radius 3 is 2.50 bits per heavy atom. The lowest BCUT2D eigenvalue weighted by atomic mass is 10.1. The number of alkyl halides is 3. The van der Waals surface area contributed by atoms with Gasteiger partial charge in [-0.1, -0.05) is 49.4 Å². The topological polar surface area (TPSA) is 17.8 Å². The van der Waals surface area contributed by atoms with Gasteiger partial charge in [0.1, 0.15) is 5.82 Å². The van der Waals surface area contributed by atoms with Crippen LogP contribution in [0, 0.1) is 0 Å². The molecule has 2 nitrogen and oxygen atoms in total. The molecule has 0 atom stereocenters. The fraction of sp³-hybridized carbons (Fsp3) is 0.269. The van der Waals surface area contributed by atoms with Crippen LogP contribution in [0.4, 0.5) is 13.2 Å². The second-order valence-corrected chi connectivity index (χ2v) is 8.92. The number of rotatable bonds is 8. The van der Waals surface area contributed by atoms with Gasteiger partial charge in [0, 0.05) is 17.0 Å². The van der Waals surface area contributed by atoms with Gasteiger partial charge in [0.05, 0.1) is 16.6 Å². The number of hydrogen-bond acceptors (Lipinski definition) is 2. The van der Waals surface area contributed by atoms with E-state index in [-0.39, 0.29) is 0 Å². The molecule has 0 aliphatic carbocycles. The zero-order valence-electron chi connectivity index (χ0n) is 17.9. The Balaban J connectivity index is 1.72. The quantitative estimate of drug-likeness (QED) is 0.252. The number of thioether (sulfide) groups is 1. The molecule has 4 rings (SSSR count). The molecule has 4 aromatic rings. The van der Waals surface area contributed by atoms with Crippen molar-refractivity contribution in [3.05, 3.63) is 83.9 Å². The zero-order valence-corrected chi connectivity index (χ0v) is 18.7. The van der Waals surface area contributed by atoms with Gasteiger partial charge in [-0.25, -0.2) is 4.98 Å². The number of halogens is 3. The van der Waals surface area contributed by atoms with Crippen LogP contribution in [0.5, 0.6) is 0 Å². The van der Waals surface area contributed by atoms with E-state index in [2.05, 4.69) is 29.7 Å². The average Bonchev–Trinajstić information content (AvgIpc) is 3.16. The van der Waals surface area contributed by atoms with Gasteiger partial charge in [0.25, 0.3) is 0 Å². The summed E-state index contributed by atoms with van der Waals surface area (Å²) in [7, 11) is 0. The number of nitrogens with zero attached hydrogens (tertiary/aromatic N) is 2. The fourth-order valence-corrected chi connectivity index (χ4v) is 4.58. The molecule has 0 radical (unpaired) electrons. The molecule has 0 amide bonds. The molecule has 0 fully saturated rings. The predicted octanol–water partition coefficient (Wildman–Crippen LogP) is 7.86. The maximum atomic E-state index is 13.3. The van der Waals surface area contributed by atoms with E-state index in [1.165, 1.54) is 17.7 Å². The Hall–Kier alpha value is -2.73. The smallest absolute Gasteiger partial charge is 0.324 e. The molecule has 0 aliphatic rings. The van der Waals surface area contributed by atoms with Gasteiger partial charge in [-0.05, 0) is 60.9 Å². The third kappa shape index (κ3) is 5.18. The monoisotopic (exact) mass is 454 g/mol. The summed E-state index contributed by atoms with van der Waals surface area (Å²) in [5.74, 6) is 1.60. The lowest BCUT2D eigenvalue weighted by molar-refractivity contribution is -0.137.